The zero-order chi connectivity index (χ0) is 22.1. The molecule has 3 rings (SSSR count). The van der Waals surface area contributed by atoms with E-state index in [1.165, 1.54) is 0 Å². The lowest BCUT2D eigenvalue weighted by Crippen LogP contribution is -2.39. The Morgan fingerprint density at radius 1 is 1.17 bits per heavy atom. The molecule has 30 heavy (non-hydrogen) atoms. The van der Waals surface area contributed by atoms with Crippen molar-refractivity contribution in [2.24, 2.45) is 16.3 Å². The lowest BCUT2D eigenvalue weighted by Gasteiger charge is -2.39. The first-order valence-corrected chi connectivity index (χ1v) is 10.4. The molecule has 1 aromatic carbocycles. The molecule has 0 aromatic heterocycles. The second-order valence-electron chi connectivity index (χ2n) is 9.16. The maximum Gasteiger partial charge on any atom is 0.315 e. The predicted molar refractivity (Wildman–Crippen MR) is 118 cm³/mol. The summed E-state index contributed by atoms with van der Waals surface area (Å²) in [5.74, 6) is -1.28. The van der Waals surface area contributed by atoms with Crippen LogP contribution < -0.4 is 4.90 Å². The van der Waals surface area contributed by atoms with Crippen LogP contribution in [-0.2, 0) is 19.1 Å². The van der Waals surface area contributed by atoms with Crippen molar-refractivity contribution in [1.29, 1.82) is 0 Å². The van der Waals surface area contributed by atoms with Gasteiger partial charge in [-0.2, -0.15) is 0 Å². The minimum absolute atomic E-state index is 0.0777. The quantitative estimate of drug-likeness (QED) is 0.526. The Bertz CT molecular complexity index is 881. The number of Topliss-reactive ketones (excluding diaryl/α,β-unsaturated/α-hetero) is 1. The van der Waals surface area contributed by atoms with Crippen LogP contribution in [-0.4, -0.2) is 51.9 Å². The normalized spacial score (nSPS) is 23.0. The van der Waals surface area contributed by atoms with E-state index < -0.39 is 5.92 Å². The topological polar surface area (TPSA) is 68.2 Å². The van der Waals surface area contributed by atoms with Crippen LogP contribution in [0.15, 0.2) is 40.5 Å². The van der Waals surface area contributed by atoms with Gasteiger partial charge in [0.1, 0.15) is 12.5 Å². The molecule has 1 unspecified atom stereocenters. The number of carbonyl (C=O) groups excluding carboxylic acids is 2. The van der Waals surface area contributed by atoms with Gasteiger partial charge in [-0.25, -0.2) is 0 Å². The molecule has 0 saturated heterocycles. The summed E-state index contributed by atoms with van der Waals surface area (Å²) in [6, 6.07) is 8.04. The van der Waals surface area contributed by atoms with Gasteiger partial charge in [-0.05, 0) is 36.5 Å². The fourth-order valence-corrected chi connectivity index (χ4v) is 4.41. The van der Waals surface area contributed by atoms with Gasteiger partial charge < -0.3 is 14.4 Å². The summed E-state index contributed by atoms with van der Waals surface area (Å²) in [5, 5.41) is 0. The van der Waals surface area contributed by atoms with Gasteiger partial charge >= 0.3 is 5.97 Å². The average Bonchev–Trinajstić information content (AvgIpc) is 2.66. The summed E-state index contributed by atoms with van der Waals surface area (Å²) in [6.45, 7) is 6.55. The zero-order valence-electron chi connectivity index (χ0n) is 18.8. The van der Waals surface area contributed by atoms with Crippen LogP contribution >= 0.6 is 0 Å². The Kier molecular flexibility index (Phi) is 6.46. The molecule has 0 saturated carbocycles. The van der Waals surface area contributed by atoms with E-state index in [1.54, 1.807) is 7.11 Å². The highest BCUT2D eigenvalue weighted by Gasteiger charge is 2.46. The molecule has 6 heteroatoms. The number of ether oxygens (including phenoxy) is 2. The van der Waals surface area contributed by atoms with Gasteiger partial charge in [-0.3, -0.25) is 14.6 Å². The van der Waals surface area contributed by atoms with Crippen LogP contribution in [0.5, 0.6) is 0 Å². The second kappa shape index (κ2) is 8.72. The molecule has 2 aliphatic rings. The van der Waals surface area contributed by atoms with Crippen LogP contribution in [0.3, 0.4) is 0 Å². The van der Waals surface area contributed by atoms with Crippen molar-refractivity contribution in [2.75, 3.05) is 39.3 Å². The number of nitrogens with zero attached hydrogens (tertiary/aromatic N) is 2. The Morgan fingerprint density at radius 3 is 2.43 bits per heavy atom. The van der Waals surface area contributed by atoms with E-state index in [9.17, 15) is 9.59 Å². The monoisotopic (exact) mass is 412 g/mol. The lowest BCUT2D eigenvalue weighted by atomic mass is 9.67. The van der Waals surface area contributed by atoms with Crippen molar-refractivity contribution in [3.05, 3.63) is 41.1 Å². The minimum atomic E-state index is -0.615. The number of carbonyl (C=O) groups is 2. The van der Waals surface area contributed by atoms with E-state index in [0.29, 0.717) is 24.3 Å². The number of hydrogen-bond acceptors (Lipinski definition) is 6. The molecule has 6 nitrogen and oxygen atoms in total. The van der Waals surface area contributed by atoms with Crippen molar-refractivity contribution in [3.8, 4) is 0 Å². The van der Waals surface area contributed by atoms with Crippen LogP contribution in [0.4, 0.5) is 5.69 Å². The van der Waals surface area contributed by atoms with Crippen molar-refractivity contribution in [2.45, 2.75) is 39.5 Å². The number of esters is 1. The molecule has 1 heterocycles. The summed E-state index contributed by atoms with van der Waals surface area (Å²) in [4.78, 5) is 33.0. The van der Waals surface area contributed by atoms with E-state index in [0.717, 1.165) is 23.4 Å². The maximum absolute atomic E-state index is 13.2. The number of methoxy groups -OCH3 is 1. The van der Waals surface area contributed by atoms with Crippen LogP contribution in [0, 0.1) is 11.3 Å². The first-order chi connectivity index (χ1) is 14.1. The fraction of sp³-hybridized carbons (Fsp3) is 0.542. The van der Waals surface area contributed by atoms with Crippen molar-refractivity contribution < 1.29 is 19.1 Å². The highest BCUT2D eigenvalue weighted by Crippen LogP contribution is 2.48. The molecule has 1 aromatic rings. The summed E-state index contributed by atoms with van der Waals surface area (Å²) in [6.07, 6.45) is 1.18. The molecular weight excluding hydrogens is 380 g/mol. The maximum atomic E-state index is 13.2. The Balaban J connectivity index is 2.06. The van der Waals surface area contributed by atoms with Gasteiger partial charge in [0.25, 0.3) is 0 Å². The lowest BCUT2D eigenvalue weighted by molar-refractivity contribution is -0.147. The van der Waals surface area contributed by atoms with Crippen molar-refractivity contribution in [3.63, 3.8) is 0 Å². The Morgan fingerprint density at radius 2 is 1.83 bits per heavy atom. The standard InChI is InChI=1S/C24H32N2O4/c1-15-20(23(28)30-12-11-29-6)21(16-7-9-17(10-8-16)26(4)5)22-18(25-15)13-24(2,3)14-19(22)27/h7-10,20-21H,11-14H2,1-6H3/t20?,21-/m0/s1. The predicted octanol–water partition coefficient (Wildman–Crippen LogP) is 3.76. The van der Waals surface area contributed by atoms with Crippen molar-refractivity contribution >= 4 is 23.2 Å². The molecule has 0 radical (unpaired) electrons. The molecule has 2 atom stereocenters. The van der Waals surface area contributed by atoms with E-state index >= 15 is 0 Å². The highest BCUT2D eigenvalue weighted by molar-refractivity contribution is 6.09. The van der Waals surface area contributed by atoms with Gasteiger partial charge in [-0.1, -0.05) is 26.0 Å². The molecule has 0 bridgehead atoms. The molecule has 0 N–H and O–H groups in total. The molecule has 1 aliphatic carbocycles. The largest absolute Gasteiger partial charge is 0.463 e. The zero-order valence-corrected chi connectivity index (χ0v) is 18.8. The van der Waals surface area contributed by atoms with Gasteiger partial charge in [0.2, 0.25) is 0 Å². The number of aliphatic imine (C=N–C) groups is 1. The summed E-state index contributed by atoms with van der Waals surface area (Å²) in [5.41, 5.74) is 4.05. The molecule has 0 fully saturated rings. The van der Waals surface area contributed by atoms with Gasteiger partial charge in [0.15, 0.2) is 5.78 Å². The van der Waals surface area contributed by atoms with Crippen molar-refractivity contribution in [1.82, 2.24) is 0 Å². The molecule has 162 valence electrons. The molecule has 0 amide bonds. The molecular formula is C24H32N2O4. The van der Waals surface area contributed by atoms with Gasteiger partial charge in [-0.15, -0.1) is 0 Å². The third-order valence-corrected chi connectivity index (χ3v) is 5.86. The molecule has 0 spiro atoms. The van der Waals surface area contributed by atoms with Gasteiger partial charge in [0.05, 0.1) is 6.61 Å². The van der Waals surface area contributed by atoms with E-state index in [1.807, 2.05) is 50.2 Å². The van der Waals surface area contributed by atoms with E-state index in [4.69, 9.17) is 14.5 Å². The third-order valence-electron chi connectivity index (χ3n) is 5.86. The van der Waals surface area contributed by atoms with E-state index in [-0.39, 0.29) is 29.7 Å². The average molecular weight is 413 g/mol. The summed E-state index contributed by atoms with van der Waals surface area (Å²) >= 11 is 0. The first kappa shape index (κ1) is 22.2. The number of allylic oxidation sites excluding steroid dienone is 2. The fourth-order valence-electron chi connectivity index (χ4n) is 4.41. The SMILES string of the molecule is COCCOC(=O)C1C(C)=NC2=C(C(=O)CC(C)(C)C2)[C@H]1c1ccc(N(C)C)cc1. The number of hydrogen-bond donors (Lipinski definition) is 0. The Hall–Kier alpha value is -2.47. The van der Waals surface area contributed by atoms with Gasteiger partial charge in [0, 0.05) is 56.2 Å². The Labute approximate surface area is 179 Å². The third kappa shape index (κ3) is 4.48. The van der Waals surface area contributed by atoms with Crippen LogP contribution in [0.2, 0.25) is 0 Å². The second-order valence-corrected chi connectivity index (χ2v) is 9.16. The van der Waals surface area contributed by atoms with Crippen LogP contribution in [0.25, 0.3) is 0 Å². The first-order valence-electron chi connectivity index (χ1n) is 10.4. The van der Waals surface area contributed by atoms with E-state index in [2.05, 4.69) is 13.8 Å². The summed E-state index contributed by atoms with van der Waals surface area (Å²) < 4.78 is 10.5. The summed E-state index contributed by atoms with van der Waals surface area (Å²) in [7, 11) is 5.53. The van der Waals surface area contributed by atoms with Crippen LogP contribution in [0.1, 0.15) is 45.1 Å². The number of ketones is 1. The number of anilines is 1. The minimum Gasteiger partial charge on any atom is -0.463 e. The smallest absolute Gasteiger partial charge is 0.315 e. The number of rotatable bonds is 6. The number of benzene rings is 1. The highest BCUT2D eigenvalue weighted by atomic mass is 16.6. The molecule has 1 aliphatic heterocycles.